The third kappa shape index (κ3) is 4.55. The van der Waals surface area contributed by atoms with Gasteiger partial charge in [-0.25, -0.2) is 0 Å². The van der Waals surface area contributed by atoms with Crippen LogP contribution >= 0.6 is 23.2 Å². The number of aryl methyl sites for hydroxylation is 1. The van der Waals surface area contributed by atoms with Gasteiger partial charge in [0, 0.05) is 61.8 Å². The molecule has 5 heterocycles. The molecule has 0 bridgehead atoms. The standard InChI is InChI=1S/C26H25Cl2N9O/c1-15(24-19(27)11-30-12-20(24)28)38-17-3-4-21-18(9-17)25(35-32-21)22-5-6-23(34-33-22)37-13-26(29,14-37)10-16-7-8-31-36(16)2/h3-9,11-12,15H,10,13-14,29H2,1-2H3,(H,32,35)/t15-/m1/s1. The number of fused-ring (bicyclic) bond motifs is 1. The third-order valence-electron chi connectivity index (χ3n) is 6.83. The smallest absolute Gasteiger partial charge is 0.151 e. The van der Waals surface area contributed by atoms with Crippen molar-refractivity contribution < 1.29 is 4.74 Å². The number of nitrogens with two attached hydrogens (primary N) is 1. The number of pyridine rings is 1. The average Bonchev–Trinajstić information content (AvgIpc) is 3.48. The number of halogens is 2. The number of rotatable bonds is 7. The van der Waals surface area contributed by atoms with E-state index in [1.807, 2.05) is 55.1 Å². The second-order valence-electron chi connectivity index (χ2n) is 9.67. The van der Waals surface area contributed by atoms with Gasteiger partial charge in [0.1, 0.15) is 23.2 Å². The van der Waals surface area contributed by atoms with E-state index in [1.54, 1.807) is 18.6 Å². The topological polar surface area (TPSA) is 124 Å². The summed E-state index contributed by atoms with van der Waals surface area (Å²) >= 11 is 12.6. The maximum Gasteiger partial charge on any atom is 0.151 e. The highest BCUT2D eigenvalue weighted by Crippen LogP contribution is 2.35. The molecule has 1 saturated heterocycles. The van der Waals surface area contributed by atoms with E-state index in [2.05, 4.69) is 35.4 Å². The molecule has 3 N–H and O–H groups in total. The zero-order valence-corrected chi connectivity index (χ0v) is 22.3. The Bertz CT molecular complexity index is 1590. The van der Waals surface area contributed by atoms with Crippen LogP contribution in [0.25, 0.3) is 22.3 Å². The van der Waals surface area contributed by atoms with Crippen LogP contribution in [0.2, 0.25) is 10.0 Å². The number of nitrogens with zero attached hydrogens (tertiary/aromatic N) is 7. The highest BCUT2D eigenvalue weighted by atomic mass is 35.5. The van der Waals surface area contributed by atoms with Gasteiger partial charge in [-0.1, -0.05) is 23.2 Å². The van der Waals surface area contributed by atoms with Crippen LogP contribution in [-0.4, -0.2) is 53.8 Å². The number of H-pyrrole nitrogens is 1. The van der Waals surface area contributed by atoms with E-state index in [0.717, 1.165) is 28.8 Å². The second kappa shape index (κ2) is 9.54. The highest BCUT2D eigenvalue weighted by Gasteiger charge is 2.41. The second-order valence-corrected chi connectivity index (χ2v) is 10.5. The van der Waals surface area contributed by atoms with Crippen LogP contribution in [0, 0.1) is 0 Å². The summed E-state index contributed by atoms with van der Waals surface area (Å²) in [4.78, 5) is 6.13. The molecule has 0 unspecified atom stereocenters. The van der Waals surface area contributed by atoms with Crippen molar-refractivity contribution in [2.75, 3.05) is 18.0 Å². The predicted molar refractivity (Wildman–Crippen MR) is 146 cm³/mol. The lowest BCUT2D eigenvalue weighted by Crippen LogP contribution is -2.69. The van der Waals surface area contributed by atoms with E-state index in [-0.39, 0.29) is 11.6 Å². The molecule has 1 aromatic carbocycles. The first-order chi connectivity index (χ1) is 18.3. The summed E-state index contributed by atoms with van der Waals surface area (Å²) in [7, 11) is 1.93. The summed E-state index contributed by atoms with van der Waals surface area (Å²) < 4.78 is 8.03. The molecule has 38 heavy (non-hydrogen) atoms. The van der Waals surface area contributed by atoms with Crippen molar-refractivity contribution in [3.05, 3.63) is 76.3 Å². The van der Waals surface area contributed by atoms with Gasteiger partial charge in [0.25, 0.3) is 0 Å². The van der Waals surface area contributed by atoms with E-state index in [9.17, 15) is 0 Å². The van der Waals surface area contributed by atoms with Gasteiger partial charge in [0.15, 0.2) is 5.82 Å². The van der Waals surface area contributed by atoms with Crippen molar-refractivity contribution in [1.29, 1.82) is 0 Å². The fourth-order valence-electron chi connectivity index (χ4n) is 4.88. The minimum atomic E-state index is -0.381. The van der Waals surface area contributed by atoms with Gasteiger partial charge >= 0.3 is 0 Å². The van der Waals surface area contributed by atoms with Gasteiger partial charge in [0.2, 0.25) is 0 Å². The first-order valence-electron chi connectivity index (χ1n) is 12.1. The van der Waals surface area contributed by atoms with Crippen LogP contribution in [0.4, 0.5) is 5.82 Å². The lowest BCUT2D eigenvalue weighted by Gasteiger charge is -2.48. The normalized spacial score (nSPS) is 15.4. The molecule has 12 heteroatoms. The molecule has 6 rings (SSSR count). The van der Waals surface area contributed by atoms with E-state index in [1.165, 1.54) is 0 Å². The van der Waals surface area contributed by atoms with Crippen molar-refractivity contribution in [3.63, 3.8) is 0 Å². The molecule has 0 amide bonds. The summed E-state index contributed by atoms with van der Waals surface area (Å²) in [5, 5.41) is 22.5. The first-order valence-corrected chi connectivity index (χ1v) is 12.8. The molecule has 0 aliphatic carbocycles. The Morgan fingerprint density at radius 2 is 1.89 bits per heavy atom. The maximum atomic E-state index is 6.59. The first kappa shape index (κ1) is 24.6. The van der Waals surface area contributed by atoms with Crippen molar-refractivity contribution in [2.24, 2.45) is 12.8 Å². The SMILES string of the molecule is C[C@@H](Oc1ccc2[nH]nc(-c3ccc(N4CC(N)(Cc5ccnn5C)C4)nn3)c2c1)c1c(Cl)cncc1Cl. The van der Waals surface area contributed by atoms with Crippen LogP contribution < -0.4 is 15.4 Å². The van der Waals surface area contributed by atoms with Crippen LogP contribution in [0.3, 0.4) is 0 Å². The zero-order valence-electron chi connectivity index (χ0n) is 20.8. The monoisotopic (exact) mass is 549 g/mol. The minimum absolute atomic E-state index is 0.315. The summed E-state index contributed by atoms with van der Waals surface area (Å²) in [6, 6.07) is 11.6. The van der Waals surface area contributed by atoms with Gasteiger partial charge in [0.05, 0.1) is 21.1 Å². The summed E-state index contributed by atoms with van der Waals surface area (Å²) in [5.41, 5.74) is 10.3. The van der Waals surface area contributed by atoms with Crippen molar-refractivity contribution >= 4 is 39.9 Å². The molecule has 0 spiro atoms. The number of hydrogen-bond donors (Lipinski definition) is 2. The summed E-state index contributed by atoms with van der Waals surface area (Å²) in [6.45, 7) is 3.28. The molecule has 4 aromatic heterocycles. The van der Waals surface area contributed by atoms with Gasteiger partial charge in [-0.2, -0.15) is 10.2 Å². The Hall–Kier alpha value is -3.73. The molecule has 5 aromatic rings. The predicted octanol–water partition coefficient (Wildman–Crippen LogP) is 4.36. The van der Waals surface area contributed by atoms with Crippen LogP contribution in [0.1, 0.15) is 24.3 Å². The number of aromatic amines is 1. The van der Waals surface area contributed by atoms with Gasteiger partial charge < -0.3 is 15.4 Å². The summed E-state index contributed by atoms with van der Waals surface area (Å²) in [5.74, 6) is 1.43. The molecule has 1 aliphatic heterocycles. The zero-order chi connectivity index (χ0) is 26.4. The molecule has 1 fully saturated rings. The number of anilines is 1. The molecule has 1 aliphatic rings. The lowest BCUT2D eigenvalue weighted by atomic mass is 9.86. The van der Waals surface area contributed by atoms with Gasteiger partial charge in [-0.05, 0) is 43.3 Å². The molecule has 0 saturated carbocycles. The number of ether oxygens (including phenoxy) is 1. The fraction of sp³-hybridized carbons (Fsp3) is 0.269. The largest absolute Gasteiger partial charge is 0.486 e. The summed E-state index contributed by atoms with van der Waals surface area (Å²) in [6.07, 6.45) is 5.27. The van der Waals surface area contributed by atoms with E-state index in [4.69, 9.17) is 33.7 Å². The molecule has 0 radical (unpaired) electrons. The number of benzene rings is 1. The fourth-order valence-corrected chi connectivity index (χ4v) is 5.55. The van der Waals surface area contributed by atoms with Crippen LogP contribution in [0.15, 0.2) is 55.0 Å². The molecule has 194 valence electrons. The highest BCUT2D eigenvalue weighted by molar-refractivity contribution is 6.35. The van der Waals surface area contributed by atoms with Crippen LogP contribution in [-0.2, 0) is 13.5 Å². The molecular formula is C26H25Cl2N9O. The van der Waals surface area contributed by atoms with Crippen LogP contribution in [0.5, 0.6) is 5.75 Å². The number of hydrogen-bond acceptors (Lipinski definition) is 8. The molecule has 1 atom stereocenters. The minimum Gasteiger partial charge on any atom is -0.486 e. The van der Waals surface area contributed by atoms with Gasteiger partial charge in [-0.3, -0.25) is 14.8 Å². The quantitative estimate of drug-likeness (QED) is 0.307. The van der Waals surface area contributed by atoms with Crippen molar-refractivity contribution in [3.8, 4) is 17.1 Å². The number of nitrogens with one attached hydrogen (secondary N) is 1. The lowest BCUT2D eigenvalue weighted by molar-refractivity contribution is 0.227. The number of aromatic nitrogens is 7. The van der Waals surface area contributed by atoms with E-state index in [0.29, 0.717) is 45.8 Å². The Morgan fingerprint density at radius 3 is 2.58 bits per heavy atom. The maximum absolute atomic E-state index is 6.59. The molecular weight excluding hydrogens is 525 g/mol. The van der Waals surface area contributed by atoms with E-state index >= 15 is 0 Å². The van der Waals surface area contributed by atoms with Crippen molar-refractivity contribution in [1.82, 2.24) is 35.2 Å². The van der Waals surface area contributed by atoms with E-state index < -0.39 is 0 Å². The molecule has 10 nitrogen and oxygen atoms in total. The Balaban J connectivity index is 1.18. The average molecular weight is 550 g/mol. The Kier molecular flexibility index (Phi) is 6.17. The van der Waals surface area contributed by atoms with Crippen molar-refractivity contribution in [2.45, 2.75) is 25.0 Å². The Morgan fingerprint density at radius 1 is 1.11 bits per heavy atom. The van der Waals surface area contributed by atoms with Gasteiger partial charge in [-0.15, -0.1) is 10.2 Å². The Labute approximate surface area is 228 Å². The third-order valence-corrected chi connectivity index (χ3v) is 7.43.